The van der Waals surface area contributed by atoms with Gasteiger partial charge in [0.15, 0.2) is 11.5 Å². The third-order valence-corrected chi connectivity index (χ3v) is 7.33. The average Bonchev–Trinajstić information content (AvgIpc) is 2.78. The lowest BCUT2D eigenvalue weighted by Gasteiger charge is -2.32. The number of benzene rings is 2. The lowest BCUT2D eigenvalue weighted by atomic mass is 9.96. The molecule has 1 aliphatic rings. The molecule has 162 valence electrons. The standard InChI is InChI=1S/C22H28N2O5S/c1-23(16-17-7-5-4-6-8-17)22(25)18-11-13-24(14-12-18)30(26,27)19-9-10-20(28-2)21(15-19)29-3/h4-10,15,18H,11-14,16H2,1-3H3. The van der Waals surface area contributed by atoms with Crippen molar-refractivity contribution in [3.05, 3.63) is 54.1 Å². The SMILES string of the molecule is COc1ccc(S(=O)(=O)N2CCC(C(=O)N(C)Cc3ccccc3)CC2)cc1OC. The number of sulfonamides is 1. The van der Waals surface area contributed by atoms with Crippen molar-refractivity contribution in [2.24, 2.45) is 5.92 Å². The van der Waals surface area contributed by atoms with Crippen molar-refractivity contribution in [3.63, 3.8) is 0 Å². The van der Waals surface area contributed by atoms with Gasteiger partial charge in [0.2, 0.25) is 15.9 Å². The van der Waals surface area contributed by atoms with Crippen LogP contribution in [0.25, 0.3) is 0 Å². The quantitative estimate of drug-likeness (QED) is 0.673. The highest BCUT2D eigenvalue weighted by molar-refractivity contribution is 7.89. The van der Waals surface area contributed by atoms with Gasteiger partial charge in [-0.2, -0.15) is 4.31 Å². The summed E-state index contributed by atoms with van der Waals surface area (Å²) in [7, 11) is 1.10. The largest absolute Gasteiger partial charge is 0.493 e. The second kappa shape index (κ2) is 9.49. The molecule has 0 atom stereocenters. The first-order chi connectivity index (χ1) is 14.4. The van der Waals surface area contributed by atoms with Crippen LogP contribution in [0.2, 0.25) is 0 Å². The molecule has 8 heteroatoms. The lowest BCUT2D eigenvalue weighted by molar-refractivity contribution is -0.135. The topological polar surface area (TPSA) is 76.2 Å². The minimum atomic E-state index is -3.66. The van der Waals surface area contributed by atoms with Gasteiger partial charge in [0.05, 0.1) is 19.1 Å². The number of piperidine rings is 1. The van der Waals surface area contributed by atoms with Crippen LogP contribution < -0.4 is 9.47 Å². The van der Waals surface area contributed by atoms with Gasteiger partial charge in [-0.15, -0.1) is 0 Å². The summed E-state index contributed by atoms with van der Waals surface area (Å²) < 4.78 is 37.9. The summed E-state index contributed by atoms with van der Waals surface area (Å²) in [6.45, 7) is 1.17. The molecule has 2 aromatic carbocycles. The van der Waals surface area contributed by atoms with Gasteiger partial charge >= 0.3 is 0 Å². The molecule has 0 unspecified atom stereocenters. The monoisotopic (exact) mass is 432 g/mol. The Hall–Kier alpha value is -2.58. The fourth-order valence-electron chi connectivity index (χ4n) is 3.72. The molecule has 0 N–H and O–H groups in total. The predicted octanol–water partition coefficient (Wildman–Crippen LogP) is 2.76. The number of rotatable bonds is 7. The second-order valence-electron chi connectivity index (χ2n) is 7.38. The maximum Gasteiger partial charge on any atom is 0.243 e. The fraction of sp³-hybridized carbons (Fsp3) is 0.409. The van der Waals surface area contributed by atoms with E-state index in [0.717, 1.165) is 5.56 Å². The van der Waals surface area contributed by atoms with E-state index in [0.29, 0.717) is 44.0 Å². The Morgan fingerprint density at radius 1 is 1.03 bits per heavy atom. The van der Waals surface area contributed by atoms with E-state index >= 15 is 0 Å². The number of methoxy groups -OCH3 is 2. The Balaban J connectivity index is 1.63. The summed E-state index contributed by atoms with van der Waals surface area (Å²) in [4.78, 5) is 14.7. The Morgan fingerprint density at radius 2 is 1.67 bits per heavy atom. The highest BCUT2D eigenvalue weighted by Crippen LogP contribution is 2.32. The van der Waals surface area contributed by atoms with E-state index in [1.54, 1.807) is 18.0 Å². The van der Waals surface area contributed by atoms with Gasteiger partial charge in [0.25, 0.3) is 0 Å². The molecule has 0 aliphatic carbocycles. The zero-order valence-corrected chi connectivity index (χ0v) is 18.4. The molecule has 1 fully saturated rings. The Labute approximate surface area is 178 Å². The molecule has 1 amide bonds. The van der Waals surface area contributed by atoms with Gasteiger partial charge < -0.3 is 14.4 Å². The zero-order valence-electron chi connectivity index (χ0n) is 17.6. The Kier molecular flexibility index (Phi) is 6.99. The molecule has 1 saturated heterocycles. The lowest BCUT2D eigenvalue weighted by Crippen LogP contribution is -2.43. The van der Waals surface area contributed by atoms with Crippen LogP contribution in [-0.4, -0.2) is 57.9 Å². The maximum atomic E-state index is 13.0. The molecule has 0 saturated carbocycles. The van der Waals surface area contributed by atoms with Crippen LogP contribution in [-0.2, 0) is 21.4 Å². The van der Waals surface area contributed by atoms with Gasteiger partial charge in [-0.1, -0.05) is 30.3 Å². The second-order valence-corrected chi connectivity index (χ2v) is 9.31. The number of carbonyl (C=O) groups is 1. The van der Waals surface area contributed by atoms with Crippen LogP contribution in [0.3, 0.4) is 0 Å². The summed E-state index contributed by atoms with van der Waals surface area (Å²) in [5.41, 5.74) is 1.07. The maximum absolute atomic E-state index is 13.0. The van der Waals surface area contributed by atoms with Gasteiger partial charge in [-0.25, -0.2) is 8.42 Å². The van der Waals surface area contributed by atoms with E-state index in [4.69, 9.17) is 9.47 Å². The molecular formula is C22H28N2O5S. The summed E-state index contributed by atoms with van der Waals surface area (Å²) in [6, 6.07) is 14.4. The molecule has 7 nitrogen and oxygen atoms in total. The average molecular weight is 433 g/mol. The minimum Gasteiger partial charge on any atom is -0.493 e. The van der Waals surface area contributed by atoms with E-state index in [-0.39, 0.29) is 16.7 Å². The molecule has 0 aromatic heterocycles. The van der Waals surface area contributed by atoms with E-state index in [1.807, 2.05) is 30.3 Å². The summed E-state index contributed by atoms with van der Waals surface area (Å²) >= 11 is 0. The molecule has 0 radical (unpaired) electrons. The van der Waals surface area contributed by atoms with Crippen LogP contribution in [0.1, 0.15) is 18.4 Å². The number of hydrogen-bond donors (Lipinski definition) is 0. The number of amides is 1. The van der Waals surface area contributed by atoms with E-state index in [1.165, 1.54) is 30.7 Å². The highest BCUT2D eigenvalue weighted by atomic mass is 32.2. The fourth-order valence-corrected chi connectivity index (χ4v) is 5.20. The molecule has 30 heavy (non-hydrogen) atoms. The molecule has 3 rings (SSSR count). The van der Waals surface area contributed by atoms with Crippen molar-refractivity contribution in [2.45, 2.75) is 24.3 Å². The van der Waals surface area contributed by atoms with Crippen LogP contribution in [0.5, 0.6) is 11.5 Å². The third kappa shape index (κ3) is 4.76. The summed E-state index contributed by atoms with van der Waals surface area (Å²) in [5, 5.41) is 0. The van der Waals surface area contributed by atoms with Crippen molar-refractivity contribution in [3.8, 4) is 11.5 Å². The molecule has 1 heterocycles. The van der Waals surface area contributed by atoms with Crippen LogP contribution in [0.4, 0.5) is 0 Å². The van der Waals surface area contributed by atoms with E-state index < -0.39 is 10.0 Å². The normalized spacial score (nSPS) is 15.6. The number of nitrogens with zero attached hydrogens (tertiary/aromatic N) is 2. The first-order valence-corrected chi connectivity index (χ1v) is 11.3. The predicted molar refractivity (Wildman–Crippen MR) is 114 cm³/mol. The number of ether oxygens (including phenoxy) is 2. The van der Waals surface area contributed by atoms with Crippen molar-refractivity contribution < 1.29 is 22.7 Å². The van der Waals surface area contributed by atoms with Crippen molar-refractivity contribution in [1.29, 1.82) is 0 Å². The molecule has 1 aliphatic heterocycles. The minimum absolute atomic E-state index is 0.0574. The Morgan fingerprint density at radius 3 is 2.27 bits per heavy atom. The van der Waals surface area contributed by atoms with Crippen LogP contribution in [0, 0.1) is 5.92 Å². The zero-order chi connectivity index (χ0) is 21.7. The van der Waals surface area contributed by atoms with Crippen molar-refractivity contribution in [1.82, 2.24) is 9.21 Å². The van der Waals surface area contributed by atoms with Gasteiger partial charge in [-0.3, -0.25) is 4.79 Å². The molecule has 0 spiro atoms. The highest BCUT2D eigenvalue weighted by Gasteiger charge is 2.33. The first-order valence-electron chi connectivity index (χ1n) is 9.88. The Bertz CT molecular complexity index is 970. The third-order valence-electron chi connectivity index (χ3n) is 5.43. The number of carbonyl (C=O) groups excluding carboxylic acids is 1. The molecule has 2 aromatic rings. The molecule has 0 bridgehead atoms. The van der Waals surface area contributed by atoms with Gasteiger partial charge in [0, 0.05) is 38.7 Å². The van der Waals surface area contributed by atoms with Crippen LogP contribution >= 0.6 is 0 Å². The molecular weight excluding hydrogens is 404 g/mol. The van der Waals surface area contributed by atoms with Gasteiger partial charge in [-0.05, 0) is 30.5 Å². The number of hydrogen-bond acceptors (Lipinski definition) is 5. The first kappa shape index (κ1) is 22.1. The van der Waals surface area contributed by atoms with Crippen molar-refractivity contribution in [2.75, 3.05) is 34.4 Å². The van der Waals surface area contributed by atoms with E-state index in [2.05, 4.69) is 0 Å². The van der Waals surface area contributed by atoms with E-state index in [9.17, 15) is 13.2 Å². The van der Waals surface area contributed by atoms with Gasteiger partial charge in [0.1, 0.15) is 0 Å². The van der Waals surface area contributed by atoms with Crippen molar-refractivity contribution >= 4 is 15.9 Å². The smallest absolute Gasteiger partial charge is 0.243 e. The summed E-state index contributed by atoms with van der Waals surface area (Å²) in [5.74, 6) is 0.728. The summed E-state index contributed by atoms with van der Waals surface area (Å²) in [6.07, 6.45) is 1.01. The van der Waals surface area contributed by atoms with Crippen LogP contribution in [0.15, 0.2) is 53.4 Å².